The smallest absolute Gasteiger partial charge is 0.138 e. The van der Waals surface area contributed by atoms with Gasteiger partial charge in [-0.25, -0.2) is 14.1 Å². The Morgan fingerprint density at radius 2 is 2.22 bits per heavy atom. The lowest BCUT2D eigenvalue weighted by Gasteiger charge is -2.18. The molecule has 1 aromatic carbocycles. The predicted octanol–water partition coefficient (Wildman–Crippen LogP) is 2.39. The molecular weight excluding hydrogens is 231 g/mol. The van der Waals surface area contributed by atoms with Gasteiger partial charge in [0.15, 0.2) is 0 Å². The minimum absolute atomic E-state index is 0.0595. The summed E-state index contributed by atoms with van der Waals surface area (Å²) in [6.45, 7) is 6.61. The molecule has 2 rings (SSSR count). The lowest BCUT2D eigenvalue weighted by atomic mass is 10.0. The quantitative estimate of drug-likeness (QED) is 0.903. The molecule has 0 aliphatic carbocycles. The van der Waals surface area contributed by atoms with E-state index in [2.05, 4.69) is 15.4 Å². The number of aryl methyl sites for hydroxylation is 1. The first kappa shape index (κ1) is 12.7. The summed E-state index contributed by atoms with van der Waals surface area (Å²) in [6, 6.07) is 3.43. The third-order valence-electron chi connectivity index (χ3n) is 2.95. The van der Waals surface area contributed by atoms with Gasteiger partial charge in [-0.05, 0) is 43.7 Å². The molecule has 2 aromatic rings. The van der Waals surface area contributed by atoms with Gasteiger partial charge in [0.25, 0.3) is 0 Å². The highest BCUT2D eigenvalue weighted by atomic mass is 19.1. The summed E-state index contributed by atoms with van der Waals surface area (Å²) in [4.78, 5) is 3.93. The van der Waals surface area contributed by atoms with Crippen LogP contribution in [0.2, 0.25) is 0 Å². The van der Waals surface area contributed by atoms with E-state index in [1.165, 1.54) is 6.33 Å². The number of rotatable bonds is 4. The van der Waals surface area contributed by atoms with E-state index in [1.54, 1.807) is 30.1 Å². The molecule has 1 aromatic heterocycles. The van der Waals surface area contributed by atoms with E-state index in [-0.39, 0.29) is 11.9 Å². The molecule has 0 bridgehead atoms. The number of hydrogen-bond acceptors (Lipinski definition) is 3. The van der Waals surface area contributed by atoms with Crippen LogP contribution in [0.1, 0.15) is 31.0 Å². The highest BCUT2D eigenvalue weighted by Gasteiger charge is 2.14. The molecule has 0 aliphatic rings. The maximum absolute atomic E-state index is 13.7. The summed E-state index contributed by atoms with van der Waals surface area (Å²) in [5.41, 5.74) is 2.35. The van der Waals surface area contributed by atoms with Crippen molar-refractivity contribution in [3.63, 3.8) is 0 Å². The molecule has 1 N–H and O–H groups in total. The second-order valence-electron chi connectivity index (χ2n) is 4.28. The molecule has 1 heterocycles. The van der Waals surface area contributed by atoms with Crippen LogP contribution >= 0.6 is 0 Å². The van der Waals surface area contributed by atoms with Crippen molar-refractivity contribution in [2.24, 2.45) is 0 Å². The van der Waals surface area contributed by atoms with Crippen LogP contribution in [0.3, 0.4) is 0 Å². The summed E-state index contributed by atoms with van der Waals surface area (Å²) >= 11 is 0. The Bertz CT molecular complexity index is 522. The minimum Gasteiger partial charge on any atom is -0.310 e. The summed E-state index contributed by atoms with van der Waals surface area (Å²) in [5.74, 6) is -0.196. The second kappa shape index (κ2) is 5.27. The Balaban J connectivity index is 2.52. The third-order valence-corrected chi connectivity index (χ3v) is 2.95. The zero-order chi connectivity index (χ0) is 13.1. The lowest BCUT2D eigenvalue weighted by molar-refractivity contribution is 0.575. The lowest BCUT2D eigenvalue weighted by Crippen LogP contribution is -2.20. The minimum atomic E-state index is -0.196. The Kier molecular flexibility index (Phi) is 3.72. The Labute approximate surface area is 106 Å². The van der Waals surface area contributed by atoms with Gasteiger partial charge in [0.2, 0.25) is 0 Å². The Morgan fingerprint density at radius 1 is 1.44 bits per heavy atom. The van der Waals surface area contributed by atoms with Gasteiger partial charge in [-0.3, -0.25) is 0 Å². The second-order valence-corrected chi connectivity index (χ2v) is 4.28. The number of hydrogen-bond donors (Lipinski definition) is 1. The first-order chi connectivity index (χ1) is 8.63. The number of nitrogens with zero attached hydrogens (tertiary/aromatic N) is 3. The van der Waals surface area contributed by atoms with Crippen LogP contribution in [0.25, 0.3) is 5.69 Å². The highest BCUT2D eigenvalue weighted by molar-refractivity contribution is 5.45. The van der Waals surface area contributed by atoms with Gasteiger partial charge in [-0.2, -0.15) is 5.10 Å². The molecule has 0 amide bonds. The zero-order valence-corrected chi connectivity index (χ0v) is 10.8. The van der Waals surface area contributed by atoms with Gasteiger partial charge in [0, 0.05) is 6.04 Å². The first-order valence-corrected chi connectivity index (χ1v) is 6.02. The largest absolute Gasteiger partial charge is 0.310 e. The third kappa shape index (κ3) is 2.41. The van der Waals surface area contributed by atoms with Crippen molar-refractivity contribution >= 4 is 0 Å². The molecule has 0 fully saturated rings. The molecule has 0 saturated heterocycles. The molecular formula is C13H17FN4. The summed E-state index contributed by atoms with van der Waals surface area (Å²) < 4.78 is 15.4. The van der Waals surface area contributed by atoms with Crippen LogP contribution in [0.5, 0.6) is 0 Å². The van der Waals surface area contributed by atoms with Crippen molar-refractivity contribution in [1.82, 2.24) is 20.1 Å². The van der Waals surface area contributed by atoms with E-state index in [4.69, 9.17) is 0 Å². The van der Waals surface area contributed by atoms with E-state index in [1.807, 2.05) is 13.8 Å². The molecule has 0 radical (unpaired) electrons. The average molecular weight is 248 g/mol. The van der Waals surface area contributed by atoms with Gasteiger partial charge in [0.1, 0.15) is 18.5 Å². The fourth-order valence-corrected chi connectivity index (χ4v) is 1.98. The van der Waals surface area contributed by atoms with Crippen LogP contribution < -0.4 is 5.32 Å². The van der Waals surface area contributed by atoms with Crippen LogP contribution in [-0.2, 0) is 0 Å². The maximum Gasteiger partial charge on any atom is 0.138 e. The van der Waals surface area contributed by atoms with Gasteiger partial charge in [-0.1, -0.05) is 6.92 Å². The molecule has 4 nitrogen and oxygen atoms in total. The molecule has 18 heavy (non-hydrogen) atoms. The van der Waals surface area contributed by atoms with Crippen molar-refractivity contribution in [3.05, 3.63) is 41.7 Å². The van der Waals surface area contributed by atoms with E-state index in [0.717, 1.165) is 17.8 Å². The predicted molar refractivity (Wildman–Crippen MR) is 68.1 cm³/mol. The van der Waals surface area contributed by atoms with E-state index >= 15 is 0 Å². The van der Waals surface area contributed by atoms with Crippen molar-refractivity contribution in [2.75, 3.05) is 6.54 Å². The Morgan fingerprint density at radius 3 is 2.83 bits per heavy atom. The van der Waals surface area contributed by atoms with E-state index < -0.39 is 0 Å². The SMILES string of the molecule is CCNC(C)c1cc(F)c(C)cc1-n1cncn1. The van der Waals surface area contributed by atoms with Crippen molar-refractivity contribution in [2.45, 2.75) is 26.8 Å². The number of benzene rings is 1. The molecule has 5 heteroatoms. The van der Waals surface area contributed by atoms with Crippen molar-refractivity contribution < 1.29 is 4.39 Å². The maximum atomic E-state index is 13.7. The number of aromatic nitrogens is 3. The summed E-state index contributed by atoms with van der Waals surface area (Å²) in [5, 5.41) is 7.40. The normalized spacial score (nSPS) is 12.7. The molecule has 0 aliphatic heterocycles. The zero-order valence-electron chi connectivity index (χ0n) is 10.8. The van der Waals surface area contributed by atoms with E-state index in [9.17, 15) is 4.39 Å². The molecule has 0 saturated carbocycles. The molecule has 1 unspecified atom stereocenters. The standard InChI is InChI=1S/C13H17FN4/c1-4-16-10(3)11-6-12(14)9(2)5-13(11)18-8-15-7-17-18/h5-8,10,16H,4H2,1-3H3. The van der Waals surface area contributed by atoms with Gasteiger partial charge < -0.3 is 5.32 Å². The highest BCUT2D eigenvalue weighted by Crippen LogP contribution is 2.24. The monoisotopic (exact) mass is 248 g/mol. The van der Waals surface area contributed by atoms with Crippen LogP contribution in [0, 0.1) is 12.7 Å². The number of nitrogens with one attached hydrogen (secondary N) is 1. The summed E-state index contributed by atoms with van der Waals surface area (Å²) in [7, 11) is 0. The van der Waals surface area contributed by atoms with Gasteiger partial charge in [-0.15, -0.1) is 0 Å². The number of halogens is 1. The van der Waals surface area contributed by atoms with Gasteiger partial charge >= 0.3 is 0 Å². The van der Waals surface area contributed by atoms with Crippen LogP contribution in [0.4, 0.5) is 4.39 Å². The van der Waals surface area contributed by atoms with Crippen molar-refractivity contribution in [3.8, 4) is 5.69 Å². The molecule has 96 valence electrons. The Hall–Kier alpha value is -1.75. The fraction of sp³-hybridized carbons (Fsp3) is 0.385. The van der Waals surface area contributed by atoms with Crippen molar-refractivity contribution in [1.29, 1.82) is 0 Å². The van der Waals surface area contributed by atoms with Crippen LogP contribution in [-0.4, -0.2) is 21.3 Å². The molecule has 0 spiro atoms. The van der Waals surface area contributed by atoms with Gasteiger partial charge in [0.05, 0.1) is 5.69 Å². The fourth-order valence-electron chi connectivity index (χ4n) is 1.98. The molecule has 1 atom stereocenters. The van der Waals surface area contributed by atoms with E-state index in [0.29, 0.717) is 5.56 Å². The average Bonchev–Trinajstić information content (AvgIpc) is 2.86. The van der Waals surface area contributed by atoms with Crippen LogP contribution in [0.15, 0.2) is 24.8 Å². The first-order valence-electron chi connectivity index (χ1n) is 6.02. The summed E-state index contributed by atoms with van der Waals surface area (Å²) in [6.07, 6.45) is 3.09. The topological polar surface area (TPSA) is 42.7 Å².